The zero-order valence-electron chi connectivity index (χ0n) is 5.35. The lowest BCUT2D eigenvalue weighted by molar-refractivity contribution is 0.371. The quantitative estimate of drug-likeness (QED) is 0.468. The predicted molar refractivity (Wildman–Crippen MR) is 34.7 cm³/mol. The topological polar surface area (TPSA) is 38.0 Å². The van der Waals surface area contributed by atoms with Crippen molar-refractivity contribution in [3.05, 3.63) is 0 Å². The van der Waals surface area contributed by atoms with Crippen LogP contribution in [-0.2, 0) is 0 Å². The Bertz CT molecular complexity index is 62.9. The molecule has 1 aliphatic heterocycles. The largest absolute Gasteiger partial charge is 0.326 e. The van der Waals surface area contributed by atoms with Gasteiger partial charge in [0, 0.05) is 12.1 Å². The van der Waals surface area contributed by atoms with Crippen molar-refractivity contribution in [1.29, 1.82) is 0 Å². The SMILES string of the molecule is CC1NCCCC1N. The van der Waals surface area contributed by atoms with E-state index in [1.165, 1.54) is 12.8 Å². The van der Waals surface area contributed by atoms with Gasteiger partial charge in [0.25, 0.3) is 0 Å². The van der Waals surface area contributed by atoms with E-state index in [0.717, 1.165) is 6.54 Å². The first-order chi connectivity index (χ1) is 3.80. The second-order valence-electron chi connectivity index (χ2n) is 2.55. The zero-order chi connectivity index (χ0) is 5.98. The van der Waals surface area contributed by atoms with E-state index in [0.29, 0.717) is 12.1 Å². The third-order valence-corrected chi connectivity index (χ3v) is 1.82. The van der Waals surface area contributed by atoms with Gasteiger partial charge in [0.1, 0.15) is 0 Å². The Labute approximate surface area is 50.4 Å². The van der Waals surface area contributed by atoms with Crippen LogP contribution in [0.2, 0.25) is 0 Å². The number of nitrogens with two attached hydrogens (primary N) is 1. The van der Waals surface area contributed by atoms with Crippen LogP contribution < -0.4 is 11.1 Å². The van der Waals surface area contributed by atoms with Gasteiger partial charge in [0.05, 0.1) is 0 Å². The van der Waals surface area contributed by atoms with Gasteiger partial charge in [-0.05, 0) is 26.3 Å². The summed E-state index contributed by atoms with van der Waals surface area (Å²) in [5, 5.41) is 3.31. The molecule has 0 amide bonds. The van der Waals surface area contributed by atoms with Crippen LogP contribution in [0.1, 0.15) is 19.8 Å². The number of rotatable bonds is 0. The third-order valence-electron chi connectivity index (χ3n) is 1.82. The summed E-state index contributed by atoms with van der Waals surface area (Å²) in [5.74, 6) is 0. The predicted octanol–water partition coefficient (Wildman–Crippen LogP) is 0.0856. The van der Waals surface area contributed by atoms with Crippen LogP contribution in [0.4, 0.5) is 0 Å². The molecule has 1 saturated heterocycles. The van der Waals surface area contributed by atoms with Gasteiger partial charge in [-0.25, -0.2) is 0 Å². The van der Waals surface area contributed by atoms with Gasteiger partial charge in [0.2, 0.25) is 0 Å². The van der Waals surface area contributed by atoms with Crippen molar-refractivity contribution >= 4 is 0 Å². The van der Waals surface area contributed by atoms with E-state index in [2.05, 4.69) is 12.2 Å². The molecular formula is C6H14N2. The zero-order valence-corrected chi connectivity index (χ0v) is 5.35. The van der Waals surface area contributed by atoms with Crippen LogP contribution in [0.5, 0.6) is 0 Å². The van der Waals surface area contributed by atoms with Crippen LogP contribution >= 0.6 is 0 Å². The van der Waals surface area contributed by atoms with Gasteiger partial charge in [-0.3, -0.25) is 0 Å². The molecule has 0 spiro atoms. The highest BCUT2D eigenvalue weighted by Gasteiger charge is 2.15. The Kier molecular flexibility index (Phi) is 1.86. The molecule has 1 aliphatic rings. The van der Waals surface area contributed by atoms with Crippen molar-refractivity contribution in [2.24, 2.45) is 5.73 Å². The molecule has 1 fully saturated rings. The maximum atomic E-state index is 5.72. The molecule has 48 valence electrons. The molecule has 2 unspecified atom stereocenters. The lowest BCUT2D eigenvalue weighted by Gasteiger charge is -2.26. The lowest BCUT2D eigenvalue weighted by atomic mass is 10.0. The fourth-order valence-electron chi connectivity index (χ4n) is 1.07. The highest BCUT2D eigenvalue weighted by molar-refractivity contribution is 4.79. The molecule has 0 aromatic carbocycles. The summed E-state index contributed by atoms with van der Waals surface area (Å²) in [5.41, 5.74) is 5.72. The molecule has 2 atom stereocenters. The molecule has 0 aliphatic carbocycles. The summed E-state index contributed by atoms with van der Waals surface area (Å²) in [7, 11) is 0. The smallest absolute Gasteiger partial charge is 0.0192 e. The Morgan fingerprint density at radius 3 is 2.75 bits per heavy atom. The highest BCUT2D eigenvalue weighted by atomic mass is 15.0. The van der Waals surface area contributed by atoms with E-state index >= 15 is 0 Å². The van der Waals surface area contributed by atoms with Crippen molar-refractivity contribution in [3.8, 4) is 0 Å². The van der Waals surface area contributed by atoms with E-state index < -0.39 is 0 Å². The third kappa shape index (κ3) is 1.20. The summed E-state index contributed by atoms with van der Waals surface area (Å²) in [6.07, 6.45) is 2.43. The first-order valence-corrected chi connectivity index (χ1v) is 3.29. The van der Waals surface area contributed by atoms with E-state index in [1.807, 2.05) is 0 Å². The van der Waals surface area contributed by atoms with Crippen LogP contribution in [0, 0.1) is 0 Å². The van der Waals surface area contributed by atoms with Crippen molar-refractivity contribution in [2.45, 2.75) is 31.8 Å². The molecular weight excluding hydrogens is 100 g/mol. The monoisotopic (exact) mass is 114 g/mol. The fourth-order valence-corrected chi connectivity index (χ4v) is 1.07. The molecule has 1 heterocycles. The number of piperidine rings is 1. The van der Waals surface area contributed by atoms with E-state index in [4.69, 9.17) is 5.73 Å². The van der Waals surface area contributed by atoms with Gasteiger partial charge in [-0.15, -0.1) is 0 Å². The summed E-state index contributed by atoms with van der Waals surface area (Å²) < 4.78 is 0. The lowest BCUT2D eigenvalue weighted by Crippen LogP contribution is -2.47. The van der Waals surface area contributed by atoms with Crippen molar-refractivity contribution < 1.29 is 0 Å². The Morgan fingerprint density at radius 2 is 2.38 bits per heavy atom. The van der Waals surface area contributed by atoms with Gasteiger partial charge in [-0.2, -0.15) is 0 Å². The summed E-state index contributed by atoms with van der Waals surface area (Å²) in [6.45, 7) is 3.29. The van der Waals surface area contributed by atoms with E-state index in [-0.39, 0.29) is 0 Å². The van der Waals surface area contributed by atoms with Crippen LogP contribution in [0.3, 0.4) is 0 Å². The van der Waals surface area contributed by atoms with Crippen molar-refractivity contribution in [1.82, 2.24) is 5.32 Å². The maximum Gasteiger partial charge on any atom is 0.0192 e. The van der Waals surface area contributed by atoms with Gasteiger partial charge < -0.3 is 11.1 Å². The Balaban J connectivity index is 2.28. The van der Waals surface area contributed by atoms with E-state index in [9.17, 15) is 0 Å². The molecule has 0 saturated carbocycles. The van der Waals surface area contributed by atoms with Crippen LogP contribution in [0.15, 0.2) is 0 Å². The minimum absolute atomic E-state index is 0.392. The second kappa shape index (κ2) is 2.46. The highest BCUT2D eigenvalue weighted by Crippen LogP contribution is 2.03. The molecule has 1 rings (SSSR count). The molecule has 2 heteroatoms. The molecule has 3 N–H and O–H groups in total. The Hall–Kier alpha value is -0.0800. The summed E-state index contributed by atoms with van der Waals surface area (Å²) in [6, 6.07) is 0.924. The molecule has 8 heavy (non-hydrogen) atoms. The van der Waals surface area contributed by atoms with Crippen LogP contribution in [0.25, 0.3) is 0 Å². The second-order valence-corrected chi connectivity index (χ2v) is 2.55. The van der Waals surface area contributed by atoms with Crippen molar-refractivity contribution in [2.75, 3.05) is 6.54 Å². The number of hydrogen-bond acceptors (Lipinski definition) is 2. The summed E-state index contributed by atoms with van der Waals surface area (Å²) in [4.78, 5) is 0. The average Bonchev–Trinajstić information content (AvgIpc) is 1.77. The number of hydrogen-bond donors (Lipinski definition) is 2. The van der Waals surface area contributed by atoms with E-state index in [1.54, 1.807) is 0 Å². The van der Waals surface area contributed by atoms with Crippen LogP contribution in [-0.4, -0.2) is 18.6 Å². The van der Waals surface area contributed by atoms with Gasteiger partial charge in [-0.1, -0.05) is 0 Å². The summed E-state index contributed by atoms with van der Waals surface area (Å²) >= 11 is 0. The van der Waals surface area contributed by atoms with Crippen molar-refractivity contribution in [3.63, 3.8) is 0 Å². The Morgan fingerprint density at radius 1 is 1.62 bits per heavy atom. The first-order valence-electron chi connectivity index (χ1n) is 3.29. The minimum Gasteiger partial charge on any atom is -0.326 e. The molecule has 2 nitrogen and oxygen atoms in total. The minimum atomic E-state index is 0.392. The first kappa shape index (κ1) is 6.05. The molecule has 0 radical (unpaired) electrons. The normalized spacial score (nSPS) is 39.8. The van der Waals surface area contributed by atoms with Gasteiger partial charge >= 0.3 is 0 Å². The molecule has 0 aromatic heterocycles. The fraction of sp³-hybridized carbons (Fsp3) is 1.00. The number of nitrogens with one attached hydrogen (secondary N) is 1. The maximum absolute atomic E-state index is 5.72. The molecule has 0 bridgehead atoms. The molecule has 0 aromatic rings. The van der Waals surface area contributed by atoms with Gasteiger partial charge in [0.15, 0.2) is 0 Å². The standard InChI is InChI=1S/C6H14N2/c1-5-6(7)3-2-4-8-5/h5-6,8H,2-4,7H2,1H3. The average molecular weight is 114 g/mol.